The van der Waals surface area contributed by atoms with Gasteiger partial charge in [0, 0.05) is 39.5 Å². The average Bonchev–Trinajstić information content (AvgIpc) is 2.85. The summed E-state index contributed by atoms with van der Waals surface area (Å²) in [5.74, 6) is -2.00. The third-order valence-corrected chi connectivity index (χ3v) is 6.65. The van der Waals surface area contributed by atoms with E-state index in [9.17, 15) is 24.0 Å². The Bertz CT molecular complexity index is 968. The summed E-state index contributed by atoms with van der Waals surface area (Å²) in [6.45, 7) is 16.2. The number of carbonyl (C=O) groups excluding carboxylic acids is 9. The molecule has 2 fully saturated rings. The molecule has 0 aromatic heterocycles. The molecule has 2 heterocycles. The molecule has 2 aliphatic rings. The zero-order valence-electron chi connectivity index (χ0n) is 25.4. The first-order chi connectivity index (χ1) is 19.4. The van der Waals surface area contributed by atoms with E-state index < -0.39 is 54.8 Å². The summed E-state index contributed by atoms with van der Waals surface area (Å²) in [6, 6.07) is 0. The molecule has 2 saturated heterocycles. The average molecular weight is 605 g/mol. The smallest absolute Gasteiger partial charge is 0.373 e. The summed E-state index contributed by atoms with van der Waals surface area (Å²) < 4.78 is 31.5. The first kappa shape index (κ1) is 40.4. The Labute approximate surface area is 243 Å². The van der Waals surface area contributed by atoms with Gasteiger partial charge in [0.25, 0.3) is 0 Å². The van der Waals surface area contributed by atoms with E-state index in [0.717, 1.165) is 0 Å². The number of ether oxygens (including phenoxy) is 6. The van der Waals surface area contributed by atoms with Crippen molar-refractivity contribution in [2.75, 3.05) is 0 Å². The van der Waals surface area contributed by atoms with Crippen molar-refractivity contribution in [1.82, 2.24) is 0 Å². The van der Waals surface area contributed by atoms with E-state index in [-0.39, 0.29) is 47.9 Å². The molecule has 15 heteroatoms. The van der Waals surface area contributed by atoms with Crippen LogP contribution in [0.5, 0.6) is 0 Å². The maximum Gasteiger partial charge on any atom is 0.373 e. The van der Waals surface area contributed by atoms with Gasteiger partial charge in [0.05, 0.1) is 6.10 Å². The summed E-state index contributed by atoms with van der Waals surface area (Å²) in [5, 5.41) is 0. The van der Waals surface area contributed by atoms with Crippen molar-refractivity contribution in [3.8, 4) is 0 Å². The molecule has 2 rings (SSSR count). The summed E-state index contributed by atoms with van der Waals surface area (Å²) in [7, 11) is 0. The van der Waals surface area contributed by atoms with E-state index in [0.29, 0.717) is 0 Å². The molecule has 0 saturated carbocycles. The zero-order chi connectivity index (χ0) is 33.3. The Morgan fingerprint density at radius 2 is 0.810 bits per heavy atom. The molecule has 42 heavy (non-hydrogen) atoms. The van der Waals surface area contributed by atoms with Crippen LogP contribution in [0.4, 0.5) is 0 Å². The molecule has 2 aliphatic heterocycles. The number of rotatable bonds is 5. The molecule has 0 aromatic rings. The number of esters is 4. The maximum atomic E-state index is 11.5. The summed E-state index contributed by atoms with van der Waals surface area (Å²) in [6.07, 6.45) is -3.29. The Balaban J connectivity index is 0. The van der Waals surface area contributed by atoms with Crippen molar-refractivity contribution in [3.05, 3.63) is 0 Å². The van der Waals surface area contributed by atoms with Gasteiger partial charge in [-0.15, -0.1) is 0 Å². The lowest BCUT2D eigenvalue weighted by Crippen LogP contribution is -2.54. The van der Waals surface area contributed by atoms with Crippen LogP contribution in [0.15, 0.2) is 0 Å². The molecular formula is C27H40O15. The van der Waals surface area contributed by atoms with Crippen LogP contribution in [-0.4, -0.2) is 79.0 Å². The van der Waals surface area contributed by atoms with Gasteiger partial charge in [-0.25, -0.2) is 0 Å². The number of hydrogen-bond donors (Lipinski definition) is 0. The number of Topliss-reactive ketones (excluding diaryl/α,β-unsaturated/α-hetero) is 1. The quantitative estimate of drug-likeness (QED) is 0.321. The summed E-state index contributed by atoms with van der Waals surface area (Å²) in [4.78, 5) is 88.3. The Kier molecular flexibility index (Phi) is 19.4. The lowest BCUT2D eigenvalue weighted by molar-refractivity contribution is -0.263. The van der Waals surface area contributed by atoms with Gasteiger partial charge in [0.15, 0.2) is 18.0 Å². The van der Waals surface area contributed by atoms with E-state index in [4.69, 9.17) is 47.6 Å². The van der Waals surface area contributed by atoms with E-state index >= 15 is 0 Å². The first-order valence-electron chi connectivity index (χ1n) is 12.9. The van der Waals surface area contributed by atoms with Crippen LogP contribution in [0.2, 0.25) is 0 Å². The third-order valence-electron chi connectivity index (χ3n) is 6.65. The van der Waals surface area contributed by atoms with Gasteiger partial charge < -0.3 is 28.4 Å². The second-order valence-corrected chi connectivity index (χ2v) is 9.72. The molecule has 0 amide bonds. The van der Waals surface area contributed by atoms with Gasteiger partial charge in [-0.3, -0.25) is 24.0 Å². The lowest BCUT2D eigenvalue weighted by Gasteiger charge is -2.42. The van der Waals surface area contributed by atoms with Crippen molar-refractivity contribution in [3.63, 3.8) is 0 Å². The highest BCUT2D eigenvalue weighted by Gasteiger charge is 2.47. The molecule has 0 N–H and O–H groups in total. The number of hydrogen-bond acceptors (Lipinski definition) is 15. The molecule has 0 spiro atoms. The molecule has 238 valence electrons. The minimum absolute atomic E-state index is 0.0406. The molecule has 15 nitrogen and oxygen atoms in total. The number of ketones is 1. The van der Waals surface area contributed by atoms with E-state index in [2.05, 4.69) is 0 Å². The highest BCUT2D eigenvalue weighted by atomic mass is 16.7. The van der Waals surface area contributed by atoms with Crippen LogP contribution >= 0.6 is 0 Å². The van der Waals surface area contributed by atoms with Crippen LogP contribution in [0.1, 0.15) is 69.2 Å². The number of carbonyl (C=O) groups is 5. The van der Waals surface area contributed by atoms with Crippen LogP contribution in [0.3, 0.4) is 0 Å². The fourth-order valence-electron chi connectivity index (χ4n) is 4.25. The van der Waals surface area contributed by atoms with Gasteiger partial charge >= 0.3 is 36.2 Å². The standard InChI is InChI=1S/C13H20O6.C12H20O5.2CO2/c1-6-7(2)12(17-9(4)15)13(18-10(5)16)19-11(6)8(3)14;1-6-7(2)11(16-9(4)13)12(15-8(6)3)17-10(5)14;2*2-1-3/h6-7,11-13H,1-5H3;6-8,11-12H,1-5H3;;. The molecule has 0 radical (unpaired) electrons. The monoisotopic (exact) mass is 604 g/mol. The Morgan fingerprint density at radius 1 is 0.500 bits per heavy atom. The molecule has 0 bridgehead atoms. The minimum atomic E-state index is -1.04. The van der Waals surface area contributed by atoms with Crippen molar-refractivity contribution in [2.45, 2.75) is 106 Å². The molecule has 0 aliphatic carbocycles. The van der Waals surface area contributed by atoms with Gasteiger partial charge in [0.2, 0.25) is 12.6 Å². The van der Waals surface area contributed by atoms with Crippen LogP contribution in [-0.2, 0) is 71.6 Å². The van der Waals surface area contributed by atoms with Crippen molar-refractivity contribution in [1.29, 1.82) is 0 Å². The first-order valence-corrected chi connectivity index (χ1v) is 12.9. The summed E-state index contributed by atoms with van der Waals surface area (Å²) in [5.41, 5.74) is 0. The largest absolute Gasteiger partial charge is 0.456 e. The predicted molar refractivity (Wildman–Crippen MR) is 135 cm³/mol. The van der Waals surface area contributed by atoms with E-state index in [1.807, 2.05) is 34.6 Å². The van der Waals surface area contributed by atoms with E-state index in [1.165, 1.54) is 34.6 Å². The highest BCUT2D eigenvalue weighted by Crippen LogP contribution is 2.34. The maximum absolute atomic E-state index is 11.5. The minimum Gasteiger partial charge on any atom is -0.456 e. The topological polar surface area (TPSA) is 209 Å². The van der Waals surface area contributed by atoms with Crippen LogP contribution in [0.25, 0.3) is 0 Å². The van der Waals surface area contributed by atoms with Gasteiger partial charge in [-0.05, 0) is 25.7 Å². The van der Waals surface area contributed by atoms with Gasteiger partial charge in [0.1, 0.15) is 6.10 Å². The summed E-state index contributed by atoms with van der Waals surface area (Å²) >= 11 is 0. The molecule has 10 unspecified atom stereocenters. The van der Waals surface area contributed by atoms with Gasteiger partial charge in [-0.1, -0.05) is 27.7 Å². The normalized spacial score (nSPS) is 31.1. The Morgan fingerprint density at radius 3 is 1.12 bits per heavy atom. The van der Waals surface area contributed by atoms with Crippen molar-refractivity contribution >= 4 is 42.0 Å². The highest BCUT2D eigenvalue weighted by molar-refractivity contribution is 5.81. The molecular weight excluding hydrogens is 564 g/mol. The van der Waals surface area contributed by atoms with Crippen molar-refractivity contribution < 1.29 is 71.6 Å². The van der Waals surface area contributed by atoms with Crippen molar-refractivity contribution in [2.24, 2.45) is 23.7 Å². The second-order valence-electron chi connectivity index (χ2n) is 9.72. The third kappa shape index (κ3) is 14.2. The van der Waals surface area contributed by atoms with Gasteiger partial charge in [-0.2, -0.15) is 19.2 Å². The molecule has 0 aromatic carbocycles. The fourth-order valence-corrected chi connectivity index (χ4v) is 4.25. The fraction of sp³-hybridized carbons (Fsp3) is 0.741. The van der Waals surface area contributed by atoms with E-state index in [1.54, 1.807) is 0 Å². The SMILES string of the molecule is CC(=O)OC1OC(C(C)=O)C(C)C(C)C1OC(C)=O.CC(=O)OC1OC(C)C(C)C(C)C1OC(C)=O.O=C=O.O=C=O. The Hall–Kier alpha value is -3.77. The van der Waals surface area contributed by atoms with Crippen LogP contribution in [0, 0.1) is 23.7 Å². The molecule has 10 atom stereocenters. The van der Waals surface area contributed by atoms with Crippen LogP contribution < -0.4 is 0 Å². The second kappa shape index (κ2) is 20.2. The predicted octanol–water partition coefficient (Wildman–Crippen LogP) is 1.40. The zero-order valence-corrected chi connectivity index (χ0v) is 25.4. The lowest BCUT2D eigenvalue weighted by atomic mass is 9.82.